The Hall–Kier alpha value is -1.58. The van der Waals surface area contributed by atoms with Gasteiger partial charge in [-0.15, -0.1) is 11.3 Å². The summed E-state index contributed by atoms with van der Waals surface area (Å²) in [6, 6.07) is 3.74. The van der Waals surface area contributed by atoms with E-state index in [0.29, 0.717) is 23.0 Å². The van der Waals surface area contributed by atoms with E-state index < -0.39 is 0 Å². The Morgan fingerprint density at radius 3 is 2.48 bits per heavy atom. The van der Waals surface area contributed by atoms with Gasteiger partial charge < -0.3 is 14.8 Å². The van der Waals surface area contributed by atoms with Gasteiger partial charge in [0.25, 0.3) is 0 Å². The second-order valence-electron chi connectivity index (χ2n) is 4.38. The Bertz CT molecular complexity index is 831. The quantitative estimate of drug-likeness (QED) is 0.625. The molecular weight excluding hydrogens is 400 g/mol. The van der Waals surface area contributed by atoms with E-state index in [1.54, 1.807) is 37.3 Å². The zero-order chi connectivity index (χ0) is 16.4. The lowest BCUT2D eigenvalue weighted by atomic mass is 10.2. The van der Waals surface area contributed by atoms with Gasteiger partial charge in [0, 0.05) is 17.8 Å². The van der Waals surface area contributed by atoms with Gasteiger partial charge in [-0.25, -0.2) is 15.0 Å². The first kappa shape index (κ1) is 16.3. The van der Waals surface area contributed by atoms with Crippen molar-refractivity contribution in [3.63, 3.8) is 0 Å². The lowest BCUT2D eigenvalue weighted by molar-refractivity contribution is 0.390. The van der Waals surface area contributed by atoms with Gasteiger partial charge in [0.15, 0.2) is 15.8 Å². The molecule has 0 bridgehead atoms. The van der Waals surface area contributed by atoms with E-state index in [4.69, 9.17) is 9.47 Å². The van der Waals surface area contributed by atoms with Crippen LogP contribution in [0.1, 0.15) is 0 Å². The summed E-state index contributed by atoms with van der Waals surface area (Å²) >= 11 is 6.61. The molecular formula is C14H13BrN4O2S2. The van der Waals surface area contributed by atoms with Gasteiger partial charge >= 0.3 is 0 Å². The van der Waals surface area contributed by atoms with Crippen molar-refractivity contribution in [2.75, 3.05) is 25.8 Å². The van der Waals surface area contributed by atoms with E-state index in [9.17, 15) is 0 Å². The molecule has 0 saturated heterocycles. The molecule has 0 aliphatic heterocycles. The molecule has 0 aliphatic carbocycles. The summed E-state index contributed by atoms with van der Waals surface area (Å²) in [5.74, 6) is 2.05. The van der Waals surface area contributed by atoms with Crippen LogP contribution in [0, 0.1) is 0 Å². The number of thioether (sulfide) groups is 1. The molecule has 0 unspecified atom stereocenters. The van der Waals surface area contributed by atoms with Gasteiger partial charge in [0.1, 0.15) is 27.0 Å². The molecule has 9 heteroatoms. The second-order valence-corrected chi connectivity index (χ2v) is 7.22. The molecule has 0 atom stereocenters. The van der Waals surface area contributed by atoms with E-state index in [1.807, 2.05) is 18.4 Å². The summed E-state index contributed by atoms with van der Waals surface area (Å²) in [6.45, 7) is 0. The predicted octanol–water partition coefficient (Wildman–Crippen LogP) is 4.33. The molecule has 120 valence electrons. The average Bonchev–Trinajstić information content (AvgIpc) is 3.00. The van der Waals surface area contributed by atoms with Crippen LogP contribution in [0.5, 0.6) is 11.5 Å². The van der Waals surface area contributed by atoms with E-state index >= 15 is 0 Å². The molecule has 6 nitrogen and oxygen atoms in total. The maximum atomic E-state index is 5.36. The highest BCUT2D eigenvalue weighted by Gasteiger charge is 2.13. The molecule has 0 radical (unpaired) electrons. The highest BCUT2D eigenvalue weighted by Crippen LogP contribution is 2.39. The van der Waals surface area contributed by atoms with Crippen molar-refractivity contribution < 1.29 is 9.47 Å². The molecule has 0 fully saturated rings. The van der Waals surface area contributed by atoms with Gasteiger partial charge in [0.05, 0.1) is 14.2 Å². The highest BCUT2D eigenvalue weighted by molar-refractivity contribution is 9.10. The van der Waals surface area contributed by atoms with Crippen LogP contribution in [-0.2, 0) is 0 Å². The highest BCUT2D eigenvalue weighted by atomic mass is 79.9. The summed E-state index contributed by atoms with van der Waals surface area (Å²) in [5, 5.41) is 3.29. The maximum Gasteiger partial charge on any atom is 0.176 e. The fourth-order valence-corrected chi connectivity index (χ4v) is 4.00. The summed E-state index contributed by atoms with van der Waals surface area (Å²) in [5.41, 5.74) is 1.49. The van der Waals surface area contributed by atoms with Crippen molar-refractivity contribution in [1.82, 2.24) is 15.0 Å². The Balaban J connectivity index is 2.03. The van der Waals surface area contributed by atoms with E-state index in [1.165, 1.54) is 6.33 Å². The van der Waals surface area contributed by atoms with Crippen LogP contribution in [0.25, 0.3) is 10.3 Å². The Kier molecular flexibility index (Phi) is 4.88. The SMILES string of the molecule is COc1cc(Nc2ncnc3nc(SC)sc23)cc(OC)c1Br. The molecule has 2 aromatic heterocycles. The lowest BCUT2D eigenvalue weighted by Crippen LogP contribution is -1.97. The van der Waals surface area contributed by atoms with Crippen LogP contribution in [0.2, 0.25) is 0 Å². The third-order valence-electron chi connectivity index (χ3n) is 3.05. The number of hydrogen-bond donors (Lipinski definition) is 1. The molecule has 2 heterocycles. The van der Waals surface area contributed by atoms with Gasteiger partial charge in [-0.1, -0.05) is 11.8 Å². The minimum Gasteiger partial charge on any atom is -0.495 e. The van der Waals surface area contributed by atoms with Crippen LogP contribution < -0.4 is 14.8 Å². The molecule has 1 N–H and O–H groups in total. The molecule has 3 aromatic rings. The summed E-state index contributed by atoms with van der Waals surface area (Å²) in [7, 11) is 3.22. The number of benzene rings is 1. The summed E-state index contributed by atoms with van der Waals surface area (Å²) < 4.78 is 13.4. The molecule has 3 rings (SSSR count). The van der Waals surface area contributed by atoms with Gasteiger partial charge in [-0.3, -0.25) is 0 Å². The lowest BCUT2D eigenvalue weighted by Gasteiger charge is -2.12. The van der Waals surface area contributed by atoms with Crippen molar-refractivity contribution in [3.8, 4) is 11.5 Å². The number of anilines is 2. The third kappa shape index (κ3) is 3.22. The monoisotopic (exact) mass is 412 g/mol. The zero-order valence-corrected chi connectivity index (χ0v) is 15.8. The number of halogens is 1. The Morgan fingerprint density at radius 1 is 1.17 bits per heavy atom. The number of aromatic nitrogens is 3. The van der Waals surface area contributed by atoms with E-state index in [0.717, 1.165) is 19.2 Å². The number of hydrogen-bond acceptors (Lipinski definition) is 8. The van der Waals surface area contributed by atoms with Crippen LogP contribution in [-0.4, -0.2) is 35.4 Å². The zero-order valence-electron chi connectivity index (χ0n) is 12.6. The van der Waals surface area contributed by atoms with Crippen LogP contribution >= 0.6 is 39.0 Å². The predicted molar refractivity (Wildman–Crippen MR) is 97.5 cm³/mol. The van der Waals surface area contributed by atoms with Crippen LogP contribution in [0.3, 0.4) is 0 Å². The number of nitrogens with zero attached hydrogens (tertiary/aromatic N) is 3. The minimum atomic E-state index is 0.672. The number of rotatable bonds is 5. The number of ether oxygens (including phenoxy) is 2. The topological polar surface area (TPSA) is 69.2 Å². The number of fused-ring (bicyclic) bond motifs is 1. The maximum absolute atomic E-state index is 5.36. The molecule has 0 spiro atoms. The Labute approximate surface area is 149 Å². The van der Waals surface area contributed by atoms with Gasteiger partial charge in [-0.05, 0) is 22.2 Å². The van der Waals surface area contributed by atoms with Gasteiger partial charge in [-0.2, -0.15) is 0 Å². The third-order valence-corrected chi connectivity index (χ3v) is 5.87. The fourth-order valence-electron chi connectivity index (χ4n) is 1.99. The minimum absolute atomic E-state index is 0.672. The van der Waals surface area contributed by atoms with E-state index in [-0.39, 0.29) is 0 Å². The number of nitrogens with one attached hydrogen (secondary N) is 1. The van der Waals surface area contributed by atoms with Gasteiger partial charge in [0.2, 0.25) is 0 Å². The van der Waals surface area contributed by atoms with Crippen molar-refractivity contribution in [2.24, 2.45) is 0 Å². The fraction of sp³-hybridized carbons (Fsp3) is 0.214. The van der Waals surface area contributed by atoms with Crippen molar-refractivity contribution in [3.05, 3.63) is 22.9 Å². The summed E-state index contributed by atoms with van der Waals surface area (Å²) in [6.07, 6.45) is 3.49. The van der Waals surface area contributed by atoms with Crippen LogP contribution in [0.15, 0.2) is 27.3 Å². The Morgan fingerprint density at radius 2 is 1.87 bits per heavy atom. The first-order chi connectivity index (χ1) is 11.2. The van der Waals surface area contributed by atoms with Crippen molar-refractivity contribution in [1.29, 1.82) is 0 Å². The molecule has 23 heavy (non-hydrogen) atoms. The smallest absolute Gasteiger partial charge is 0.176 e. The van der Waals surface area contributed by atoms with Crippen molar-refractivity contribution in [2.45, 2.75) is 4.34 Å². The first-order valence-corrected chi connectivity index (χ1v) is 9.33. The first-order valence-electron chi connectivity index (χ1n) is 6.50. The number of methoxy groups -OCH3 is 2. The number of thiazole rings is 1. The van der Waals surface area contributed by atoms with E-state index in [2.05, 4.69) is 36.2 Å². The largest absolute Gasteiger partial charge is 0.495 e. The molecule has 0 aliphatic rings. The normalized spacial score (nSPS) is 10.8. The van der Waals surface area contributed by atoms with Crippen LogP contribution in [0.4, 0.5) is 11.5 Å². The van der Waals surface area contributed by atoms with Crippen molar-refractivity contribution >= 4 is 60.9 Å². The average molecular weight is 413 g/mol. The molecule has 0 saturated carbocycles. The standard InChI is InChI=1S/C14H13BrN4O2S2/c1-20-8-4-7(5-9(21-2)10(8)15)18-12-11-13(17-6-16-12)19-14(22-3)23-11/h4-6H,1-3H3,(H,16,17,18). The molecule has 1 aromatic carbocycles. The molecule has 0 amide bonds. The summed E-state index contributed by atoms with van der Waals surface area (Å²) in [4.78, 5) is 13.0. The second kappa shape index (κ2) is 6.90.